The molecule has 0 radical (unpaired) electrons. The molecule has 15 heteroatoms. The number of carbonyl (C=O) groups is 2. The number of aliphatic carboxylic acids is 1. The quantitative estimate of drug-likeness (QED) is 0.0595. The van der Waals surface area contributed by atoms with E-state index < -0.39 is 72.4 Å². The molecule has 2 saturated carbocycles. The van der Waals surface area contributed by atoms with Crippen LogP contribution in [0.5, 0.6) is 0 Å². The number of nitrogens with zero attached hydrogens (tertiary/aromatic N) is 1. The average molecular weight is 712 g/mol. The first kappa shape index (κ1) is 39.0. The van der Waals surface area contributed by atoms with E-state index in [0.717, 1.165) is 25.0 Å². The van der Waals surface area contributed by atoms with E-state index in [9.17, 15) is 40.2 Å². The molecule has 12 N–H and O–H groups in total. The second kappa shape index (κ2) is 17.1. The van der Waals surface area contributed by atoms with Crippen molar-refractivity contribution in [3.8, 4) is 0 Å². The summed E-state index contributed by atoms with van der Waals surface area (Å²) in [5, 5.41) is 71.4. The van der Waals surface area contributed by atoms with Crippen molar-refractivity contribution >= 4 is 18.1 Å². The van der Waals surface area contributed by atoms with Crippen molar-refractivity contribution in [3.05, 3.63) is 18.2 Å². The van der Waals surface area contributed by atoms with Crippen molar-refractivity contribution in [2.24, 2.45) is 40.3 Å². The van der Waals surface area contributed by atoms with E-state index in [2.05, 4.69) is 17.2 Å². The van der Waals surface area contributed by atoms with Gasteiger partial charge < -0.3 is 66.0 Å². The fourth-order valence-corrected chi connectivity index (χ4v) is 9.01. The number of allylic oxidation sites excluding steroid dienone is 1. The van der Waals surface area contributed by atoms with Gasteiger partial charge in [0.2, 0.25) is 6.10 Å². The highest BCUT2D eigenvalue weighted by atomic mass is 16.7. The molecular formula is C35H59N4O11+3. The van der Waals surface area contributed by atoms with Crippen LogP contribution in [-0.4, -0.2) is 136 Å². The third-order valence-corrected chi connectivity index (χ3v) is 12.1. The Kier molecular flexibility index (Phi) is 13.4. The van der Waals surface area contributed by atoms with Crippen LogP contribution < -0.4 is 21.5 Å². The molecule has 2 aliphatic carbocycles. The van der Waals surface area contributed by atoms with E-state index >= 15 is 0 Å². The van der Waals surface area contributed by atoms with E-state index in [0.29, 0.717) is 51.0 Å². The van der Waals surface area contributed by atoms with Crippen LogP contribution in [0, 0.1) is 36.1 Å². The first-order valence-electron chi connectivity index (χ1n) is 18.4. The number of ether oxygens (including phenoxy) is 3. The van der Waals surface area contributed by atoms with Crippen molar-refractivity contribution in [1.29, 1.82) is 0 Å². The molecule has 5 aliphatic rings. The standard InChI is InChI=1S/C35H56N4O11/c1-18(9-11-37-2)21(13-19-10-12-38-15-19)16-39-17-35(47)31(43)28(42)30(33(45)46)50-34(35)48-23-7-8-24-25(14-23)49-29(32(36)44)26(27(24)41)20-3-5-22(40)6-4-20/h10,12,15,18,20-31,34,37,39-43,47H,3-9,11,13-14,16-17H2,1-2H3,(H2-,36,44,45,46)/p+3/t18-,20?,21-,22?,23?,24?,25?,26?,27?,28+,29?,30-,31-,34+,35-/m0/s1. The van der Waals surface area contributed by atoms with E-state index in [4.69, 9.17) is 19.9 Å². The van der Waals surface area contributed by atoms with Gasteiger partial charge >= 0.3 is 0 Å². The summed E-state index contributed by atoms with van der Waals surface area (Å²) in [6, 6.07) is 0. The molecule has 282 valence electrons. The minimum atomic E-state index is -2.19. The number of hydrogen-bond donors (Lipinski definition) is 8. The number of fused-ring (bicyclic) bond motifs is 1. The fraction of sp³-hybridized carbons (Fsp3) is 0.829. The molecule has 15 nitrogen and oxygen atoms in total. The number of carbonyl (C=O) groups excluding carboxylic acids is 2. The highest BCUT2D eigenvalue weighted by Crippen LogP contribution is 2.45. The number of carboxylic acid groups (broad SMARTS) is 1. The van der Waals surface area contributed by atoms with E-state index in [1.54, 1.807) is 6.54 Å². The zero-order valence-corrected chi connectivity index (χ0v) is 29.2. The van der Waals surface area contributed by atoms with Gasteiger partial charge in [0.25, 0.3) is 5.91 Å². The van der Waals surface area contributed by atoms with Gasteiger partial charge in [0, 0.05) is 18.8 Å². The number of hydrogen-bond acceptors (Lipinski definition) is 11. The molecule has 0 spiro atoms. The second-order valence-corrected chi connectivity index (χ2v) is 15.4. The summed E-state index contributed by atoms with van der Waals surface area (Å²) in [6.07, 6.45) is -1.46. The summed E-state index contributed by atoms with van der Waals surface area (Å²) in [7, 11) is 2.02. The zero-order chi connectivity index (χ0) is 36.2. The van der Waals surface area contributed by atoms with Gasteiger partial charge in [-0.15, -0.1) is 4.99 Å². The van der Waals surface area contributed by atoms with Crippen molar-refractivity contribution in [1.82, 2.24) is 0 Å². The second-order valence-electron chi connectivity index (χ2n) is 15.4. The van der Waals surface area contributed by atoms with Gasteiger partial charge in [-0.25, -0.2) is 0 Å². The number of aliphatic hydroxyl groups is 7. The van der Waals surface area contributed by atoms with Crippen LogP contribution in [0.4, 0.5) is 0 Å². The lowest BCUT2D eigenvalue weighted by atomic mass is 9.66. The molecular weight excluding hydrogens is 652 g/mol. The topological polar surface area (TPSA) is 261 Å². The summed E-state index contributed by atoms with van der Waals surface area (Å²) in [5.41, 5.74) is 4.72. The summed E-state index contributed by atoms with van der Waals surface area (Å²) in [5.74, 6) is -2.53. The van der Waals surface area contributed by atoms with Gasteiger partial charge in [-0.2, -0.15) is 0 Å². The van der Waals surface area contributed by atoms with Crippen molar-refractivity contribution in [2.75, 3.05) is 26.7 Å². The van der Waals surface area contributed by atoms with E-state index in [1.807, 2.05) is 24.7 Å². The van der Waals surface area contributed by atoms with Crippen LogP contribution in [0.3, 0.4) is 0 Å². The van der Waals surface area contributed by atoms with Crippen LogP contribution in [0.1, 0.15) is 64.7 Å². The average Bonchev–Trinajstić information content (AvgIpc) is 3.60. The lowest BCUT2D eigenvalue weighted by molar-refractivity contribution is -0.681. The molecule has 13 atom stereocenters. The van der Waals surface area contributed by atoms with Crippen LogP contribution in [0.25, 0.3) is 0 Å². The van der Waals surface area contributed by atoms with Gasteiger partial charge in [-0.3, -0.25) is 4.79 Å². The Labute approximate surface area is 293 Å². The molecule has 3 heterocycles. The maximum atomic E-state index is 12.6. The van der Waals surface area contributed by atoms with Gasteiger partial charge in [0.1, 0.15) is 37.0 Å². The first-order chi connectivity index (χ1) is 23.8. The van der Waals surface area contributed by atoms with Gasteiger partial charge in [-0.05, 0) is 56.8 Å². The molecule has 4 fully saturated rings. The predicted molar refractivity (Wildman–Crippen MR) is 176 cm³/mol. The number of nitrogens with two attached hydrogens (primary N) is 3. The van der Waals surface area contributed by atoms with Gasteiger partial charge in [0.15, 0.2) is 24.2 Å². The normalized spacial score (nSPS) is 41.5. The Bertz CT molecular complexity index is 1220. The number of primary amides is 1. The maximum absolute atomic E-state index is 12.6. The summed E-state index contributed by atoms with van der Waals surface area (Å²) >= 11 is 0. The summed E-state index contributed by atoms with van der Waals surface area (Å²) in [4.78, 5) is 28.7. The highest BCUT2D eigenvalue weighted by Gasteiger charge is 2.60. The Morgan fingerprint density at radius 1 is 1.18 bits per heavy atom. The fourth-order valence-electron chi connectivity index (χ4n) is 9.01. The SMILES string of the molecule is C[NH2+]CC[C@H](C)[C@H](C[NH2+]C[C@@]1(O)[C@H](OC2CCC3C(C2)[OH+]C(C(N)=O)C(C2CCC(O)CC2)C3O)O[C@H](C(=O)[O-])[C@@H](O)[C@@H]1O)CC1=C[CH+]N=C1. The molecule has 6 unspecified atom stereocenters. The molecule has 5 rings (SSSR count). The molecule has 2 saturated heterocycles. The Hall–Kier alpha value is -2.18. The molecule has 3 aliphatic heterocycles. The van der Waals surface area contributed by atoms with Crippen molar-refractivity contribution in [2.45, 2.75) is 125 Å². The van der Waals surface area contributed by atoms with Crippen LogP contribution in [0.2, 0.25) is 0 Å². The van der Waals surface area contributed by atoms with E-state index in [-0.39, 0.29) is 36.8 Å². The van der Waals surface area contributed by atoms with E-state index in [1.165, 1.54) is 0 Å². The van der Waals surface area contributed by atoms with Gasteiger partial charge in [0.05, 0.1) is 62.3 Å². The van der Waals surface area contributed by atoms with Crippen LogP contribution >= 0.6 is 0 Å². The van der Waals surface area contributed by atoms with Crippen molar-refractivity contribution in [3.63, 3.8) is 0 Å². The molecule has 1 amide bonds. The lowest BCUT2D eigenvalue weighted by Crippen LogP contribution is -2.93. The summed E-state index contributed by atoms with van der Waals surface area (Å²) < 4.78 is 16.8. The number of amides is 1. The molecule has 0 aromatic carbocycles. The number of rotatable bonds is 15. The maximum Gasteiger partial charge on any atom is 0.297 e. The predicted octanol–water partition coefficient (Wildman–Crippen LogP) is -4.65. The summed E-state index contributed by atoms with van der Waals surface area (Å²) in [6.45, 7) is 5.30. The Morgan fingerprint density at radius 2 is 1.92 bits per heavy atom. The minimum Gasteiger partial charge on any atom is -0.547 e. The molecule has 0 bridgehead atoms. The smallest absolute Gasteiger partial charge is 0.297 e. The van der Waals surface area contributed by atoms with Crippen LogP contribution in [0.15, 0.2) is 16.6 Å². The molecule has 50 heavy (non-hydrogen) atoms. The highest BCUT2D eigenvalue weighted by molar-refractivity contribution is 5.82. The molecule has 0 aromatic rings. The Balaban J connectivity index is 1.28. The first-order valence-corrected chi connectivity index (χ1v) is 18.4. The van der Waals surface area contributed by atoms with Crippen LogP contribution in [-0.2, 0) is 19.1 Å². The number of carboxylic acids is 1. The third kappa shape index (κ3) is 8.71. The van der Waals surface area contributed by atoms with Gasteiger partial charge in [-0.1, -0.05) is 6.92 Å². The van der Waals surface area contributed by atoms with Crippen molar-refractivity contribution < 1.29 is 65.1 Å². The number of quaternary nitrogens is 2. The third-order valence-electron chi connectivity index (χ3n) is 12.1. The number of aliphatic hydroxyl groups excluding tert-OH is 4. The zero-order valence-electron chi connectivity index (χ0n) is 29.2. The minimum absolute atomic E-state index is 0.00913. The Morgan fingerprint density at radius 3 is 2.56 bits per heavy atom. The monoisotopic (exact) mass is 711 g/mol. The lowest BCUT2D eigenvalue weighted by Gasteiger charge is -2.50. The largest absolute Gasteiger partial charge is 0.547 e. The number of aliphatic imine (C=N–C) groups is 1. The molecule has 0 aromatic heterocycles.